The maximum Gasteiger partial charge on any atom is 0.0556 e. The van der Waals surface area contributed by atoms with Crippen LogP contribution in [0, 0.1) is 0 Å². The van der Waals surface area contributed by atoms with Crippen molar-refractivity contribution in [3.05, 3.63) is 34.9 Å². The fourth-order valence-corrected chi connectivity index (χ4v) is 2.42. The molecule has 0 radical (unpaired) electrons. The molecule has 0 saturated heterocycles. The van der Waals surface area contributed by atoms with E-state index in [1.807, 2.05) is 0 Å². The van der Waals surface area contributed by atoms with E-state index in [1.165, 1.54) is 42.4 Å². The number of aryl methyl sites for hydroxylation is 2. The second kappa shape index (κ2) is 5.46. The second-order valence-electron chi connectivity index (χ2n) is 4.63. The Kier molecular flexibility index (Phi) is 3.97. The molecule has 1 aromatic carbocycles. The molecule has 0 spiro atoms. The lowest BCUT2D eigenvalue weighted by Gasteiger charge is -2.19. The molecule has 88 valence electrons. The Bertz CT molecular complexity index is 349. The van der Waals surface area contributed by atoms with Gasteiger partial charge in [-0.25, -0.2) is 0 Å². The van der Waals surface area contributed by atoms with E-state index < -0.39 is 0 Å². The summed E-state index contributed by atoms with van der Waals surface area (Å²) < 4.78 is 0. The molecule has 2 nitrogen and oxygen atoms in total. The van der Waals surface area contributed by atoms with E-state index in [0.717, 1.165) is 0 Å². The zero-order valence-electron chi connectivity index (χ0n) is 10.00. The first-order valence-corrected chi connectivity index (χ1v) is 6.27. The summed E-state index contributed by atoms with van der Waals surface area (Å²) >= 11 is 0. The molecule has 0 aromatic heterocycles. The van der Waals surface area contributed by atoms with Crippen LogP contribution in [0.1, 0.15) is 42.5 Å². The molecule has 0 heterocycles. The van der Waals surface area contributed by atoms with Crippen LogP contribution < -0.4 is 5.32 Å². The van der Waals surface area contributed by atoms with Gasteiger partial charge in [0, 0.05) is 12.6 Å². The lowest BCUT2D eigenvalue weighted by atomic mass is 9.89. The summed E-state index contributed by atoms with van der Waals surface area (Å²) in [4.78, 5) is 0. The predicted octanol–water partition coefficient (Wildman–Crippen LogP) is 2.21. The van der Waals surface area contributed by atoms with Crippen LogP contribution in [0.15, 0.2) is 18.2 Å². The summed E-state index contributed by atoms with van der Waals surface area (Å²) in [5.74, 6) is 0. The van der Waals surface area contributed by atoms with Crippen LogP contribution >= 0.6 is 0 Å². The van der Waals surface area contributed by atoms with E-state index in [1.54, 1.807) is 0 Å². The smallest absolute Gasteiger partial charge is 0.0556 e. The van der Waals surface area contributed by atoms with Gasteiger partial charge < -0.3 is 10.4 Å². The highest BCUT2D eigenvalue weighted by Crippen LogP contribution is 2.24. The monoisotopic (exact) mass is 219 g/mol. The molecule has 0 saturated carbocycles. The highest BCUT2D eigenvalue weighted by molar-refractivity contribution is 5.35. The van der Waals surface area contributed by atoms with E-state index >= 15 is 0 Å². The third kappa shape index (κ3) is 2.63. The van der Waals surface area contributed by atoms with Crippen molar-refractivity contribution < 1.29 is 5.11 Å². The molecule has 1 aliphatic rings. The van der Waals surface area contributed by atoms with Gasteiger partial charge in [-0.1, -0.05) is 18.2 Å². The standard InChI is InChI=1S/C14H21NO/c1-11(15-8-9-16)13-7-6-12-4-2-3-5-14(12)10-13/h6-7,10-11,15-16H,2-5,8-9H2,1H3. The Labute approximate surface area is 97.7 Å². The molecule has 16 heavy (non-hydrogen) atoms. The van der Waals surface area contributed by atoms with Crippen molar-refractivity contribution >= 4 is 0 Å². The summed E-state index contributed by atoms with van der Waals surface area (Å²) in [6.07, 6.45) is 5.14. The molecule has 1 aliphatic carbocycles. The lowest BCUT2D eigenvalue weighted by molar-refractivity contribution is 0.286. The number of hydrogen-bond donors (Lipinski definition) is 2. The maximum absolute atomic E-state index is 8.79. The van der Waals surface area contributed by atoms with E-state index in [0.29, 0.717) is 12.6 Å². The number of nitrogens with one attached hydrogen (secondary N) is 1. The van der Waals surface area contributed by atoms with Gasteiger partial charge in [0.2, 0.25) is 0 Å². The summed E-state index contributed by atoms with van der Waals surface area (Å²) in [6.45, 7) is 3.02. The number of aliphatic hydroxyl groups is 1. The van der Waals surface area contributed by atoms with Crippen molar-refractivity contribution in [2.24, 2.45) is 0 Å². The van der Waals surface area contributed by atoms with Gasteiger partial charge in [0.05, 0.1) is 6.61 Å². The molecule has 2 heteroatoms. The van der Waals surface area contributed by atoms with Crippen molar-refractivity contribution in [3.63, 3.8) is 0 Å². The van der Waals surface area contributed by atoms with Gasteiger partial charge in [0.25, 0.3) is 0 Å². The summed E-state index contributed by atoms with van der Waals surface area (Å²) in [5, 5.41) is 12.1. The molecule has 2 N–H and O–H groups in total. The number of benzene rings is 1. The van der Waals surface area contributed by atoms with E-state index in [9.17, 15) is 0 Å². The average Bonchev–Trinajstić information content (AvgIpc) is 2.35. The first-order chi connectivity index (χ1) is 7.81. The third-order valence-electron chi connectivity index (χ3n) is 3.43. The van der Waals surface area contributed by atoms with Gasteiger partial charge in [0.15, 0.2) is 0 Å². The average molecular weight is 219 g/mol. The van der Waals surface area contributed by atoms with Crippen molar-refractivity contribution in [1.82, 2.24) is 5.32 Å². The molecule has 1 atom stereocenters. The first kappa shape index (κ1) is 11.6. The summed E-state index contributed by atoms with van der Waals surface area (Å²) in [7, 11) is 0. The minimum absolute atomic E-state index is 0.204. The first-order valence-electron chi connectivity index (χ1n) is 6.27. The number of hydrogen-bond acceptors (Lipinski definition) is 2. The van der Waals surface area contributed by atoms with E-state index in [4.69, 9.17) is 5.11 Å². The number of fused-ring (bicyclic) bond motifs is 1. The summed E-state index contributed by atoms with van der Waals surface area (Å²) in [5.41, 5.74) is 4.40. The quantitative estimate of drug-likeness (QED) is 0.813. The topological polar surface area (TPSA) is 32.3 Å². The normalized spacial score (nSPS) is 16.9. The molecular formula is C14H21NO. The minimum atomic E-state index is 0.204. The van der Waals surface area contributed by atoms with Gasteiger partial charge in [-0.2, -0.15) is 0 Å². The van der Waals surface area contributed by atoms with Crippen LogP contribution in [-0.4, -0.2) is 18.3 Å². The Balaban J connectivity index is 2.10. The molecule has 0 aliphatic heterocycles. The molecule has 0 fully saturated rings. The molecule has 0 bridgehead atoms. The molecule has 2 rings (SSSR count). The van der Waals surface area contributed by atoms with Crippen LogP contribution in [0.5, 0.6) is 0 Å². The van der Waals surface area contributed by atoms with Crippen LogP contribution in [0.2, 0.25) is 0 Å². The fourth-order valence-electron chi connectivity index (χ4n) is 2.42. The minimum Gasteiger partial charge on any atom is -0.395 e. The fraction of sp³-hybridized carbons (Fsp3) is 0.571. The van der Waals surface area contributed by atoms with E-state index in [-0.39, 0.29) is 6.61 Å². The van der Waals surface area contributed by atoms with Crippen molar-refractivity contribution in [2.45, 2.75) is 38.6 Å². The predicted molar refractivity (Wildman–Crippen MR) is 66.6 cm³/mol. The van der Waals surface area contributed by atoms with Crippen molar-refractivity contribution in [3.8, 4) is 0 Å². The largest absolute Gasteiger partial charge is 0.395 e. The van der Waals surface area contributed by atoms with Crippen molar-refractivity contribution in [1.29, 1.82) is 0 Å². The Morgan fingerprint density at radius 3 is 2.75 bits per heavy atom. The van der Waals surface area contributed by atoms with E-state index in [2.05, 4.69) is 30.4 Å². The van der Waals surface area contributed by atoms with Gasteiger partial charge in [-0.3, -0.25) is 0 Å². The maximum atomic E-state index is 8.79. The van der Waals surface area contributed by atoms with Crippen LogP contribution in [0.4, 0.5) is 0 Å². The lowest BCUT2D eigenvalue weighted by Crippen LogP contribution is -2.22. The molecule has 1 aromatic rings. The SMILES string of the molecule is CC(NCCO)c1ccc2c(c1)CCCC2. The molecule has 0 amide bonds. The molecular weight excluding hydrogens is 198 g/mol. The Morgan fingerprint density at radius 1 is 1.25 bits per heavy atom. The Hall–Kier alpha value is -0.860. The van der Waals surface area contributed by atoms with Crippen molar-refractivity contribution in [2.75, 3.05) is 13.2 Å². The summed E-state index contributed by atoms with van der Waals surface area (Å²) in [6, 6.07) is 7.17. The highest BCUT2D eigenvalue weighted by Gasteiger charge is 2.11. The zero-order valence-corrected chi connectivity index (χ0v) is 10.00. The zero-order chi connectivity index (χ0) is 11.4. The molecule has 1 unspecified atom stereocenters. The van der Waals surface area contributed by atoms with Gasteiger partial charge in [-0.15, -0.1) is 0 Å². The van der Waals surface area contributed by atoms with Gasteiger partial charge in [-0.05, 0) is 49.3 Å². The van der Waals surface area contributed by atoms with Crippen LogP contribution in [-0.2, 0) is 12.8 Å². The Morgan fingerprint density at radius 2 is 2.00 bits per heavy atom. The third-order valence-corrected chi connectivity index (χ3v) is 3.43. The number of rotatable bonds is 4. The van der Waals surface area contributed by atoms with Gasteiger partial charge in [0.1, 0.15) is 0 Å². The second-order valence-corrected chi connectivity index (χ2v) is 4.63. The number of aliphatic hydroxyl groups excluding tert-OH is 1. The van der Waals surface area contributed by atoms with Gasteiger partial charge >= 0.3 is 0 Å². The van der Waals surface area contributed by atoms with Crippen LogP contribution in [0.3, 0.4) is 0 Å². The highest BCUT2D eigenvalue weighted by atomic mass is 16.3. The van der Waals surface area contributed by atoms with Crippen LogP contribution in [0.25, 0.3) is 0 Å².